The number of nitrogens with zero attached hydrogens (tertiary/aromatic N) is 1. The molecule has 1 aromatic carbocycles. The number of rotatable bonds is 4. The largest absolute Gasteiger partial charge is 0.372 e. The van der Waals surface area contributed by atoms with Gasteiger partial charge in [0.1, 0.15) is 0 Å². The molecule has 2 heterocycles. The Hall–Kier alpha value is -1.71. The average molecular weight is 254 g/mol. The molecular formula is C16H18N2O. The molecule has 0 spiro atoms. The lowest BCUT2D eigenvalue weighted by molar-refractivity contribution is 0.134. The van der Waals surface area contributed by atoms with E-state index < -0.39 is 0 Å². The van der Waals surface area contributed by atoms with E-state index in [1.807, 2.05) is 19.4 Å². The minimum atomic E-state index is 0.327. The van der Waals surface area contributed by atoms with Gasteiger partial charge >= 0.3 is 0 Å². The van der Waals surface area contributed by atoms with Gasteiger partial charge in [-0.25, -0.2) is 0 Å². The van der Waals surface area contributed by atoms with Gasteiger partial charge in [0.15, 0.2) is 0 Å². The Bertz CT molecular complexity index is 554. The zero-order chi connectivity index (χ0) is 13.1. The van der Waals surface area contributed by atoms with Gasteiger partial charge in [0, 0.05) is 18.4 Å². The summed E-state index contributed by atoms with van der Waals surface area (Å²) in [6.45, 7) is 1.50. The van der Waals surface area contributed by atoms with Gasteiger partial charge in [-0.05, 0) is 47.9 Å². The van der Waals surface area contributed by atoms with Crippen molar-refractivity contribution < 1.29 is 4.74 Å². The SMILES string of the molecule is CNC(Cc1ccncc1)c1ccc2c(c1)COC2. The maximum Gasteiger partial charge on any atom is 0.0725 e. The number of benzene rings is 1. The van der Waals surface area contributed by atoms with E-state index in [4.69, 9.17) is 4.74 Å². The van der Waals surface area contributed by atoms with Crippen LogP contribution in [0.3, 0.4) is 0 Å². The highest BCUT2D eigenvalue weighted by Crippen LogP contribution is 2.25. The van der Waals surface area contributed by atoms with Crippen molar-refractivity contribution >= 4 is 0 Å². The fraction of sp³-hybridized carbons (Fsp3) is 0.312. The third-order valence-corrected chi connectivity index (χ3v) is 3.69. The summed E-state index contributed by atoms with van der Waals surface area (Å²) >= 11 is 0. The van der Waals surface area contributed by atoms with Crippen LogP contribution in [0.2, 0.25) is 0 Å². The standard InChI is InChI=1S/C16H18N2O/c1-17-16(8-12-4-6-18-7-5-12)13-2-3-14-10-19-11-15(14)9-13/h2-7,9,16-17H,8,10-11H2,1H3. The number of ether oxygens (including phenoxy) is 1. The third kappa shape index (κ3) is 2.67. The van der Waals surface area contributed by atoms with Crippen molar-refractivity contribution in [2.75, 3.05) is 7.05 Å². The van der Waals surface area contributed by atoms with E-state index in [0.717, 1.165) is 19.6 Å². The molecule has 0 saturated heterocycles. The lowest BCUT2D eigenvalue weighted by atomic mass is 9.96. The van der Waals surface area contributed by atoms with E-state index in [1.54, 1.807) is 0 Å². The summed E-state index contributed by atoms with van der Waals surface area (Å²) in [6.07, 6.45) is 4.66. The molecular weight excluding hydrogens is 236 g/mol. The molecule has 1 unspecified atom stereocenters. The predicted molar refractivity (Wildman–Crippen MR) is 74.7 cm³/mol. The smallest absolute Gasteiger partial charge is 0.0725 e. The van der Waals surface area contributed by atoms with E-state index in [9.17, 15) is 0 Å². The van der Waals surface area contributed by atoms with E-state index in [0.29, 0.717) is 6.04 Å². The first kappa shape index (κ1) is 12.3. The molecule has 98 valence electrons. The van der Waals surface area contributed by atoms with Gasteiger partial charge in [-0.1, -0.05) is 18.2 Å². The summed E-state index contributed by atoms with van der Waals surface area (Å²) in [5.41, 5.74) is 5.27. The summed E-state index contributed by atoms with van der Waals surface area (Å²) in [5, 5.41) is 3.40. The molecule has 0 saturated carbocycles. The molecule has 3 rings (SSSR count). The third-order valence-electron chi connectivity index (χ3n) is 3.69. The minimum Gasteiger partial charge on any atom is -0.372 e. The molecule has 0 amide bonds. The second-order valence-electron chi connectivity index (χ2n) is 4.92. The number of fused-ring (bicyclic) bond motifs is 1. The number of nitrogens with one attached hydrogen (secondary N) is 1. The first-order valence-electron chi connectivity index (χ1n) is 6.62. The molecule has 1 atom stereocenters. The molecule has 0 radical (unpaired) electrons. The van der Waals surface area contributed by atoms with E-state index >= 15 is 0 Å². The second kappa shape index (κ2) is 5.51. The fourth-order valence-corrected chi connectivity index (χ4v) is 2.55. The second-order valence-corrected chi connectivity index (χ2v) is 4.92. The number of likely N-dealkylation sites (N-methyl/N-ethyl adjacent to an activating group) is 1. The van der Waals surface area contributed by atoms with Crippen LogP contribution in [0.5, 0.6) is 0 Å². The summed E-state index contributed by atoms with van der Waals surface area (Å²) in [5.74, 6) is 0. The van der Waals surface area contributed by atoms with Crippen LogP contribution in [0.25, 0.3) is 0 Å². The Kier molecular flexibility index (Phi) is 3.58. The molecule has 3 heteroatoms. The molecule has 1 aliphatic heterocycles. The monoisotopic (exact) mass is 254 g/mol. The molecule has 1 N–H and O–H groups in total. The van der Waals surface area contributed by atoms with E-state index in [-0.39, 0.29) is 0 Å². The molecule has 0 aliphatic carbocycles. The quantitative estimate of drug-likeness (QED) is 0.910. The Labute approximate surface area is 113 Å². The van der Waals surface area contributed by atoms with Gasteiger partial charge in [-0.15, -0.1) is 0 Å². The lowest BCUT2D eigenvalue weighted by Gasteiger charge is -2.17. The summed E-state index contributed by atoms with van der Waals surface area (Å²) < 4.78 is 5.47. The Balaban J connectivity index is 1.82. The van der Waals surface area contributed by atoms with Crippen molar-refractivity contribution in [3.63, 3.8) is 0 Å². The highest BCUT2D eigenvalue weighted by Gasteiger charge is 2.15. The van der Waals surface area contributed by atoms with Crippen molar-refractivity contribution in [1.82, 2.24) is 10.3 Å². The van der Waals surface area contributed by atoms with Crippen molar-refractivity contribution in [3.05, 3.63) is 65.0 Å². The number of pyridine rings is 1. The molecule has 1 aromatic heterocycles. The van der Waals surface area contributed by atoms with Gasteiger partial charge in [-0.2, -0.15) is 0 Å². The maximum atomic E-state index is 5.47. The fourth-order valence-electron chi connectivity index (χ4n) is 2.55. The summed E-state index contributed by atoms with van der Waals surface area (Å²) in [7, 11) is 2.01. The predicted octanol–water partition coefficient (Wildman–Crippen LogP) is 2.62. The topological polar surface area (TPSA) is 34.2 Å². The van der Waals surface area contributed by atoms with Gasteiger partial charge in [-0.3, -0.25) is 4.98 Å². The Morgan fingerprint density at radius 2 is 1.95 bits per heavy atom. The van der Waals surface area contributed by atoms with Crippen molar-refractivity contribution in [3.8, 4) is 0 Å². The highest BCUT2D eigenvalue weighted by atomic mass is 16.5. The maximum absolute atomic E-state index is 5.47. The van der Waals surface area contributed by atoms with Crippen LogP contribution >= 0.6 is 0 Å². The van der Waals surface area contributed by atoms with Crippen LogP contribution in [-0.4, -0.2) is 12.0 Å². The first-order valence-corrected chi connectivity index (χ1v) is 6.62. The minimum absolute atomic E-state index is 0.327. The van der Waals surface area contributed by atoms with Crippen LogP contribution in [0, 0.1) is 0 Å². The number of aromatic nitrogens is 1. The number of hydrogen-bond acceptors (Lipinski definition) is 3. The van der Waals surface area contributed by atoms with Gasteiger partial charge in [0.2, 0.25) is 0 Å². The van der Waals surface area contributed by atoms with Crippen LogP contribution < -0.4 is 5.32 Å². The molecule has 1 aliphatic rings. The van der Waals surface area contributed by atoms with Crippen LogP contribution in [-0.2, 0) is 24.4 Å². The van der Waals surface area contributed by atoms with Gasteiger partial charge < -0.3 is 10.1 Å². The zero-order valence-electron chi connectivity index (χ0n) is 11.1. The van der Waals surface area contributed by atoms with Crippen molar-refractivity contribution in [2.45, 2.75) is 25.7 Å². The van der Waals surface area contributed by atoms with Crippen LogP contribution in [0.1, 0.15) is 28.3 Å². The lowest BCUT2D eigenvalue weighted by Crippen LogP contribution is -2.19. The van der Waals surface area contributed by atoms with Crippen LogP contribution in [0.4, 0.5) is 0 Å². The Morgan fingerprint density at radius 1 is 1.16 bits per heavy atom. The van der Waals surface area contributed by atoms with Gasteiger partial charge in [0.25, 0.3) is 0 Å². The Morgan fingerprint density at radius 3 is 2.74 bits per heavy atom. The molecule has 19 heavy (non-hydrogen) atoms. The van der Waals surface area contributed by atoms with Crippen molar-refractivity contribution in [1.29, 1.82) is 0 Å². The first-order chi connectivity index (χ1) is 9.36. The molecule has 2 aromatic rings. The molecule has 0 bridgehead atoms. The normalized spacial score (nSPS) is 15.2. The molecule has 0 fully saturated rings. The summed E-state index contributed by atoms with van der Waals surface area (Å²) in [6, 6.07) is 11.1. The zero-order valence-corrected chi connectivity index (χ0v) is 11.1. The van der Waals surface area contributed by atoms with Crippen molar-refractivity contribution in [2.24, 2.45) is 0 Å². The number of hydrogen-bond donors (Lipinski definition) is 1. The van der Waals surface area contributed by atoms with Gasteiger partial charge in [0.05, 0.1) is 13.2 Å². The summed E-state index contributed by atoms with van der Waals surface area (Å²) in [4.78, 5) is 4.06. The molecule has 3 nitrogen and oxygen atoms in total. The van der Waals surface area contributed by atoms with Crippen LogP contribution in [0.15, 0.2) is 42.7 Å². The van der Waals surface area contributed by atoms with E-state index in [1.165, 1.54) is 22.3 Å². The van der Waals surface area contributed by atoms with E-state index in [2.05, 4.69) is 40.6 Å². The highest BCUT2D eigenvalue weighted by molar-refractivity contribution is 5.35. The average Bonchev–Trinajstić information content (AvgIpc) is 2.93.